The Morgan fingerprint density at radius 3 is 2.50 bits per heavy atom. The number of rotatable bonds is 3. The summed E-state index contributed by atoms with van der Waals surface area (Å²) in [4.78, 5) is 39.0. The molecule has 3 rings (SSSR count). The molecule has 26 heavy (non-hydrogen) atoms. The van der Waals surface area contributed by atoms with Gasteiger partial charge in [0.1, 0.15) is 5.56 Å². The molecule has 2 aromatic heterocycles. The highest BCUT2D eigenvalue weighted by molar-refractivity contribution is 7.08. The number of benzene rings is 1. The standard InChI is InChI=1S/C19H18N2O4S/c1-19(2,3)13-5-4-10-8-12(18(24)25)16(22)21-15(10)14(13)17(23)20-11-6-7-26-9-11/h4-9H,1-3H3,(H,20,23)(H,21,22)(H,24,25). The Morgan fingerprint density at radius 2 is 1.92 bits per heavy atom. The fourth-order valence-electron chi connectivity index (χ4n) is 2.82. The summed E-state index contributed by atoms with van der Waals surface area (Å²) in [7, 11) is 0. The van der Waals surface area contributed by atoms with E-state index in [1.165, 1.54) is 17.4 Å². The van der Waals surface area contributed by atoms with Gasteiger partial charge in [-0.25, -0.2) is 4.79 Å². The minimum Gasteiger partial charge on any atom is -0.477 e. The van der Waals surface area contributed by atoms with Gasteiger partial charge in [-0.05, 0) is 33.9 Å². The van der Waals surface area contributed by atoms with Crippen LogP contribution in [0.15, 0.2) is 39.8 Å². The van der Waals surface area contributed by atoms with Crippen molar-refractivity contribution >= 4 is 39.8 Å². The SMILES string of the molecule is CC(C)(C)c1ccc2cc(C(=O)O)c(=O)[nH]c2c1C(=O)Nc1ccsc1. The van der Waals surface area contributed by atoms with Gasteiger partial charge in [-0.15, -0.1) is 0 Å². The number of H-pyrrole nitrogens is 1. The number of aromatic amines is 1. The van der Waals surface area contributed by atoms with Crippen molar-refractivity contribution in [1.29, 1.82) is 0 Å². The molecule has 1 amide bonds. The maximum Gasteiger partial charge on any atom is 0.341 e. The topological polar surface area (TPSA) is 99.3 Å². The van der Waals surface area contributed by atoms with Crippen molar-refractivity contribution in [3.8, 4) is 0 Å². The van der Waals surface area contributed by atoms with E-state index in [0.29, 0.717) is 22.2 Å². The number of aromatic nitrogens is 1. The van der Waals surface area contributed by atoms with Crippen molar-refractivity contribution in [3.63, 3.8) is 0 Å². The Bertz CT molecular complexity index is 1060. The summed E-state index contributed by atoms with van der Waals surface area (Å²) in [6, 6.07) is 6.61. The van der Waals surface area contributed by atoms with Crippen molar-refractivity contribution in [2.24, 2.45) is 0 Å². The molecule has 2 heterocycles. The van der Waals surface area contributed by atoms with Gasteiger partial charge in [0.25, 0.3) is 11.5 Å². The average molecular weight is 370 g/mol. The summed E-state index contributed by atoms with van der Waals surface area (Å²) in [6.45, 7) is 5.91. The molecule has 3 aromatic rings. The second kappa shape index (κ2) is 6.42. The third-order valence-corrected chi connectivity index (χ3v) is 4.75. The zero-order chi connectivity index (χ0) is 19.1. The molecule has 0 saturated heterocycles. The molecule has 0 spiro atoms. The maximum atomic E-state index is 13.0. The first-order valence-electron chi connectivity index (χ1n) is 7.96. The van der Waals surface area contributed by atoms with Crippen molar-refractivity contribution in [2.45, 2.75) is 26.2 Å². The van der Waals surface area contributed by atoms with Crippen molar-refractivity contribution in [1.82, 2.24) is 4.98 Å². The summed E-state index contributed by atoms with van der Waals surface area (Å²) < 4.78 is 0. The number of nitrogens with one attached hydrogen (secondary N) is 2. The molecular formula is C19H18N2O4S. The lowest BCUT2D eigenvalue weighted by Gasteiger charge is -2.23. The molecule has 6 nitrogen and oxygen atoms in total. The molecule has 0 atom stereocenters. The van der Waals surface area contributed by atoms with E-state index in [-0.39, 0.29) is 16.9 Å². The van der Waals surface area contributed by atoms with Gasteiger partial charge in [0, 0.05) is 5.38 Å². The number of carbonyl (C=O) groups is 2. The van der Waals surface area contributed by atoms with Crippen LogP contribution in [0.3, 0.4) is 0 Å². The van der Waals surface area contributed by atoms with Crippen LogP contribution in [0.2, 0.25) is 0 Å². The molecule has 134 valence electrons. The third kappa shape index (κ3) is 3.25. The lowest BCUT2D eigenvalue weighted by molar-refractivity contribution is 0.0695. The van der Waals surface area contributed by atoms with Crippen molar-refractivity contribution in [3.05, 3.63) is 62.1 Å². The fraction of sp³-hybridized carbons (Fsp3) is 0.211. The predicted octanol–water partition coefficient (Wildman–Crippen LogP) is 3.84. The molecular weight excluding hydrogens is 352 g/mol. The van der Waals surface area contributed by atoms with Crippen LogP contribution < -0.4 is 10.9 Å². The lowest BCUT2D eigenvalue weighted by atomic mass is 9.82. The molecule has 0 unspecified atom stereocenters. The lowest BCUT2D eigenvalue weighted by Crippen LogP contribution is -2.24. The normalized spacial score (nSPS) is 11.5. The average Bonchev–Trinajstić information content (AvgIpc) is 3.04. The van der Waals surface area contributed by atoms with Gasteiger partial charge in [0.15, 0.2) is 0 Å². The highest BCUT2D eigenvalue weighted by atomic mass is 32.1. The number of amides is 1. The number of carboxylic acid groups (broad SMARTS) is 1. The number of carbonyl (C=O) groups excluding carboxylic acids is 1. The van der Waals surface area contributed by atoms with Crippen LogP contribution in [0.1, 0.15) is 47.1 Å². The van der Waals surface area contributed by atoms with Gasteiger partial charge in [0.2, 0.25) is 0 Å². The molecule has 0 fully saturated rings. The van der Waals surface area contributed by atoms with E-state index in [4.69, 9.17) is 5.11 Å². The van der Waals surface area contributed by atoms with Gasteiger partial charge in [-0.3, -0.25) is 9.59 Å². The molecule has 0 saturated carbocycles. The van der Waals surface area contributed by atoms with E-state index in [1.54, 1.807) is 18.2 Å². The van der Waals surface area contributed by atoms with Crippen LogP contribution in [0.5, 0.6) is 0 Å². The van der Waals surface area contributed by atoms with Gasteiger partial charge < -0.3 is 15.4 Å². The quantitative estimate of drug-likeness (QED) is 0.652. The molecule has 1 aromatic carbocycles. The Morgan fingerprint density at radius 1 is 1.19 bits per heavy atom. The molecule has 0 aliphatic rings. The number of hydrogen-bond acceptors (Lipinski definition) is 4. The Hall–Kier alpha value is -2.93. The van der Waals surface area contributed by atoms with Gasteiger partial charge in [-0.2, -0.15) is 11.3 Å². The van der Waals surface area contributed by atoms with Gasteiger partial charge in [0.05, 0.1) is 16.8 Å². The predicted molar refractivity (Wildman–Crippen MR) is 103 cm³/mol. The first-order valence-corrected chi connectivity index (χ1v) is 8.90. The third-order valence-electron chi connectivity index (χ3n) is 4.07. The number of fused-ring (bicyclic) bond motifs is 1. The van der Waals surface area contributed by atoms with Crippen LogP contribution in [0, 0.1) is 0 Å². The zero-order valence-electron chi connectivity index (χ0n) is 14.5. The zero-order valence-corrected chi connectivity index (χ0v) is 15.4. The number of pyridine rings is 1. The Balaban J connectivity index is 2.28. The van der Waals surface area contributed by atoms with Crippen LogP contribution in [0.4, 0.5) is 5.69 Å². The van der Waals surface area contributed by atoms with Crippen LogP contribution in [-0.2, 0) is 5.41 Å². The summed E-state index contributed by atoms with van der Waals surface area (Å²) >= 11 is 1.46. The maximum absolute atomic E-state index is 13.0. The molecule has 3 N–H and O–H groups in total. The second-order valence-electron chi connectivity index (χ2n) is 6.99. The van der Waals surface area contributed by atoms with E-state index in [0.717, 1.165) is 5.56 Å². The van der Waals surface area contributed by atoms with Crippen molar-refractivity contribution < 1.29 is 14.7 Å². The van der Waals surface area contributed by atoms with Crippen LogP contribution >= 0.6 is 11.3 Å². The second-order valence-corrected chi connectivity index (χ2v) is 7.77. The van der Waals surface area contributed by atoms with Crippen LogP contribution in [-0.4, -0.2) is 22.0 Å². The molecule has 0 aliphatic heterocycles. The van der Waals surface area contributed by atoms with E-state index in [2.05, 4.69) is 10.3 Å². The fourth-order valence-corrected chi connectivity index (χ4v) is 3.41. The highest BCUT2D eigenvalue weighted by Gasteiger charge is 2.25. The minimum atomic E-state index is -1.31. The van der Waals surface area contributed by atoms with E-state index in [9.17, 15) is 14.4 Å². The van der Waals surface area contributed by atoms with Crippen molar-refractivity contribution in [2.75, 3.05) is 5.32 Å². The number of thiophene rings is 1. The number of hydrogen-bond donors (Lipinski definition) is 3. The van der Waals surface area contributed by atoms with Gasteiger partial charge >= 0.3 is 5.97 Å². The first kappa shape index (κ1) is 17.9. The number of anilines is 1. The van der Waals surface area contributed by atoms with E-state index in [1.807, 2.05) is 31.5 Å². The van der Waals surface area contributed by atoms with Gasteiger partial charge in [-0.1, -0.05) is 32.9 Å². The van der Waals surface area contributed by atoms with Crippen LogP contribution in [0.25, 0.3) is 10.9 Å². The molecule has 7 heteroatoms. The number of aromatic carboxylic acids is 1. The highest BCUT2D eigenvalue weighted by Crippen LogP contribution is 2.31. The first-order chi connectivity index (χ1) is 12.2. The molecule has 0 bridgehead atoms. The summed E-state index contributed by atoms with van der Waals surface area (Å²) in [5.41, 5.74) is 0.664. The summed E-state index contributed by atoms with van der Waals surface area (Å²) in [6.07, 6.45) is 0. The van der Waals surface area contributed by atoms with E-state index >= 15 is 0 Å². The minimum absolute atomic E-state index is 0.333. The Labute approximate surface area is 153 Å². The molecule has 0 radical (unpaired) electrons. The molecule has 0 aliphatic carbocycles. The van der Waals surface area contributed by atoms with E-state index < -0.39 is 11.5 Å². The largest absolute Gasteiger partial charge is 0.477 e. The smallest absolute Gasteiger partial charge is 0.341 e. The monoisotopic (exact) mass is 370 g/mol. The summed E-state index contributed by atoms with van der Waals surface area (Å²) in [5.74, 6) is -1.66. The number of carboxylic acids is 1. The Kier molecular flexibility index (Phi) is 4.41. The summed E-state index contributed by atoms with van der Waals surface area (Å²) in [5, 5.41) is 16.1.